The second kappa shape index (κ2) is 8.72. The summed E-state index contributed by atoms with van der Waals surface area (Å²) in [4.78, 5) is 15.9. The van der Waals surface area contributed by atoms with E-state index >= 15 is 0 Å². The Hall–Kier alpha value is -6.07. The molecule has 0 aliphatic carbocycles. The van der Waals surface area contributed by atoms with Crippen molar-refractivity contribution in [1.29, 1.82) is 0 Å². The molecule has 44 heavy (non-hydrogen) atoms. The van der Waals surface area contributed by atoms with Crippen molar-refractivity contribution >= 4 is 71.1 Å². The predicted octanol–water partition coefficient (Wildman–Crippen LogP) is 9.50. The molecule has 0 spiro atoms. The molecule has 0 saturated heterocycles. The number of hydrogen-bond donors (Lipinski definition) is 0. The highest BCUT2D eigenvalue weighted by Gasteiger charge is 2.23. The van der Waals surface area contributed by atoms with Gasteiger partial charge in [-0.15, -0.1) is 0 Å². The van der Waals surface area contributed by atoms with Crippen LogP contribution in [0.15, 0.2) is 140 Å². The van der Waals surface area contributed by atoms with Gasteiger partial charge < -0.3 is 0 Å². The van der Waals surface area contributed by atoms with E-state index in [-0.39, 0.29) is 0 Å². The second-order valence-corrected chi connectivity index (χ2v) is 11.3. The molecule has 0 saturated carbocycles. The number of rotatable bonds is 2. The molecule has 4 aromatic heterocycles. The number of aromatic nitrogens is 5. The van der Waals surface area contributed by atoms with Crippen molar-refractivity contribution in [2.24, 2.45) is 0 Å². The van der Waals surface area contributed by atoms with Gasteiger partial charge in [0.2, 0.25) is 5.95 Å². The molecule has 10 rings (SSSR count). The molecular weight excluding hydrogens is 538 g/mol. The van der Waals surface area contributed by atoms with Gasteiger partial charge in [-0.25, -0.2) is 15.0 Å². The fourth-order valence-electron chi connectivity index (χ4n) is 6.94. The van der Waals surface area contributed by atoms with Gasteiger partial charge in [-0.05, 0) is 40.4 Å². The predicted molar refractivity (Wildman–Crippen MR) is 181 cm³/mol. The largest absolute Gasteiger partial charge is 0.289 e. The minimum atomic E-state index is 0.607. The third-order valence-corrected chi connectivity index (χ3v) is 8.89. The summed E-state index contributed by atoms with van der Waals surface area (Å²) in [6.45, 7) is 0. The zero-order valence-corrected chi connectivity index (χ0v) is 23.5. The van der Waals surface area contributed by atoms with E-state index in [9.17, 15) is 0 Å². The molecule has 0 aliphatic rings. The van der Waals surface area contributed by atoms with Crippen LogP contribution in [0.1, 0.15) is 0 Å². The Morgan fingerprint density at radius 1 is 0.432 bits per heavy atom. The first-order chi connectivity index (χ1) is 21.8. The average molecular weight is 562 g/mol. The average Bonchev–Trinajstić information content (AvgIpc) is 3.63. The maximum Gasteiger partial charge on any atom is 0.237 e. The molecule has 4 heterocycles. The van der Waals surface area contributed by atoms with Crippen LogP contribution in [0.25, 0.3) is 88.3 Å². The van der Waals surface area contributed by atoms with Crippen LogP contribution in [-0.4, -0.2) is 23.9 Å². The summed E-state index contributed by atoms with van der Waals surface area (Å²) >= 11 is 0. The van der Waals surface area contributed by atoms with Gasteiger partial charge in [-0.1, -0.05) is 115 Å². The highest BCUT2D eigenvalue weighted by Crippen LogP contribution is 2.38. The Kier molecular flexibility index (Phi) is 4.66. The Bertz CT molecular complexity index is 2790. The first kappa shape index (κ1) is 23.5. The molecule has 0 N–H and O–H groups in total. The second-order valence-electron chi connectivity index (χ2n) is 11.3. The maximum atomic E-state index is 5.38. The van der Waals surface area contributed by atoms with Gasteiger partial charge in [0.15, 0.2) is 5.65 Å². The zero-order valence-electron chi connectivity index (χ0n) is 23.5. The molecule has 0 unspecified atom stereocenters. The van der Waals surface area contributed by atoms with E-state index in [4.69, 9.17) is 15.0 Å². The van der Waals surface area contributed by atoms with Gasteiger partial charge in [-0.2, -0.15) is 0 Å². The number of para-hydroxylation sites is 3. The maximum absolute atomic E-state index is 5.38. The lowest BCUT2D eigenvalue weighted by Gasteiger charge is -2.11. The third-order valence-electron chi connectivity index (χ3n) is 8.89. The van der Waals surface area contributed by atoms with E-state index in [0.29, 0.717) is 5.95 Å². The van der Waals surface area contributed by atoms with Crippen molar-refractivity contribution in [3.8, 4) is 17.2 Å². The molecule has 0 radical (unpaired) electrons. The van der Waals surface area contributed by atoms with E-state index < -0.39 is 0 Å². The van der Waals surface area contributed by atoms with Crippen molar-refractivity contribution in [1.82, 2.24) is 23.9 Å². The molecule has 0 amide bonds. The van der Waals surface area contributed by atoms with Gasteiger partial charge in [0, 0.05) is 27.1 Å². The molecule has 0 atom stereocenters. The topological polar surface area (TPSA) is 48.0 Å². The molecular formula is C39H23N5. The van der Waals surface area contributed by atoms with E-state index in [1.165, 1.54) is 21.5 Å². The van der Waals surface area contributed by atoms with E-state index in [1.54, 1.807) is 0 Å². The van der Waals surface area contributed by atoms with Crippen molar-refractivity contribution in [3.05, 3.63) is 140 Å². The minimum absolute atomic E-state index is 0.607. The molecule has 0 aliphatic heterocycles. The summed E-state index contributed by atoms with van der Waals surface area (Å²) in [5.41, 5.74) is 7.84. The van der Waals surface area contributed by atoms with Gasteiger partial charge >= 0.3 is 0 Å². The van der Waals surface area contributed by atoms with E-state index in [2.05, 4.69) is 142 Å². The number of hydrogen-bond acceptors (Lipinski definition) is 3. The number of imidazole rings is 1. The molecule has 204 valence electrons. The lowest BCUT2D eigenvalue weighted by molar-refractivity contribution is 1.00. The van der Waals surface area contributed by atoms with Crippen LogP contribution in [-0.2, 0) is 0 Å². The van der Waals surface area contributed by atoms with Crippen LogP contribution < -0.4 is 0 Å². The monoisotopic (exact) mass is 561 g/mol. The van der Waals surface area contributed by atoms with Crippen molar-refractivity contribution in [2.45, 2.75) is 0 Å². The van der Waals surface area contributed by atoms with Crippen LogP contribution in [0.2, 0.25) is 0 Å². The van der Waals surface area contributed by atoms with Gasteiger partial charge in [0.05, 0.1) is 22.2 Å². The van der Waals surface area contributed by atoms with E-state index in [1.807, 2.05) is 6.07 Å². The van der Waals surface area contributed by atoms with Crippen molar-refractivity contribution < 1.29 is 0 Å². The lowest BCUT2D eigenvalue weighted by atomic mass is 10.0. The normalized spacial score (nSPS) is 12.1. The SMILES string of the molecule is c1ccc2cc(-c3nc(-n4c5ccccc5c5c4nc4c6ccccc6c6ccccc6n45)nc4ccccc34)ccc2c1. The lowest BCUT2D eigenvalue weighted by Crippen LogP contribution is -2.03. The molecule has 5 nitrogen and oxygen atoms in total. The Labute approximate surface area is 251 Å². The fraction of sp³-hybridized carbons (Fsp3) is 0. The molecule has 6 aromatic carbocycles. The summed E-state index contributed by atoms with van der Waals surface area (Å²) in [6, 6.07) is 48.9. The Morgan fingerprint density at radius 2 is 1.09 bits per heavy atom. The van der Waals surface area contributed by atoms with Crippen LogP contribution in [0.3, 0.4) is 0 Å². The molecule has 5 heteroatoms. The highest BCUT2D eigenvalue weighted by atomic mass is 15.2. The summed E-state index contributed by atoms with van der Waals surface area (Å²) in [5.74, 6) is 0.607. The number of benzene rings is 6. The van der Waals surface area contributed by atoms with Crippen LogP contribution >= 0.6 is 0 Å². The summed E-state index contributed by atoms with van der Waals surface area (Å²) in [5, 5.41) is 8.03. The number of fused-ring (bicyclic) bond motifs is 12. The van der Waals surface area contributed by atoms with Crippen molar-refractivity contribution in [3.63, 3.8) is 0 Å². The summed E-state index contributed by atoms with van der Waals surface area (Å²) in [6.07, 6.45) is 0. The highest BCUT2D eigenvalue weighted by molar-refractivity contribution is 6.17. The Balaban J connectivity index is 1.36. The van der Waals surface area contributed by atoms with Gasteiger partial charge in [0.1, 0.15) is 11.2 Å². The molecule has 0 bridgehead atoms. The summed E-state index contributed by atoms with van der Waals surface area (Å²) < 4.78 is 4.45. The third kappa shape index (κ3) is 3.15. The number of nitrogens with zero attached hydrogens (tertiary/aromatic N) is 5. The smallest absolute Gasteiger partial charge is 0.237 e. The zero-order chi connectivity index (χ0) is 28.8. The minimum Gasteiger partial charge on any atom is -0.289 e. The van der Waals surface area contributed by atoms with Gasteiger partial charge in [0.25, 0.3) is 0 Å². The number of pyridine rings is 1. The van der Waals surface area contributed by atoms with Crippen LogP contribution in [0.5, 0.6) is 0 Å². The standard InChI is InChI=1S/C39H23N5/c1-2-12-25-23-26(22-21-24(25)11-1)35-30-16-5-8-18-32(30)40-39(41-35)44-34-20-10-7-17-31(34)36-38(44)42-37-29-15-4-3-13-27(29)28-14-6-9-19-33(28)43(36)37/h1-23H. The first-order valence-electron chi connectivity index (χ1n) is 14.8. The van der Waals surface area contributed by atoms with Crippen molar-refractivity contribution in [2.75, 3.05) is 0 Å². The fourth-order valence-corrected chi connectivity index (χ4v) is 6.94. The van der Waals surface area contributed by atoms with Crippen LogP contribution in [0, 0.1) is 0 Å². The first-order valence-corrected chi connectivity index (χ1v) is 14.8. The van der Waals surface area contributed by atoms with Gasteiger partial charge in [-0.3, -0.25) is 8.97 Å². The van der Waals surface area contributed by atoms with Crippen LogP contribution in [0.4, 0.5) is 0 Å². The summed E-state index contributed by atoms with van der Waals surface area (Å²) in [7, 11) is 0. The van der Waals surface area contributed by atoms with E-state index in [0.717, 1.165) is 60.8 Å². The molecule has 0 fully saturated rings. The quantitative estimate of drug-likeness (QED) is 0.198. The molecule has 10 aromatic rings. The Morgan fingerprint density at radius 3 is 1.95 bits per heavy atom.